The molecule has 0 radical (unpaired) electrons. The maximum Gasteiger partial charge on any atom is 0.122 e. The molecule has 0 N–H and O–H groups in total. The monoisotopic (exact) mass is 175 g/mol. The van der Waals surface area contributed by atoms with Crippen LogP contribution in [0.25, 0.3) is 5.57 Å². The Kier molecular flexibility index (Phi) is 2.21. The van der Waals surface area contributed by atoms with Crippen molar-refractivity contribution in [3.05, 3.63) is 48.3 Å². The summed E-state index contributed by atoms with van der Waals surface area (Å²) in [5, 5.41) is 0. The van der Waals surface area contributed by atoms with Gasteiger partial charge in [0.1, 0.15) is 6.17 Å². The van der Waals surface area contributed by atoms with E-state index in [1.807, 2.05) is 24.3 Å². The molecule has 1 aliphatic rings. The van der Waals surface area contributed by atoms with Crippen molar-refractivity contribution in [3.8, 4) is 0 Å². The van der Waals surface area contributed by atoms with Crippen molar-refractivity contribution in [3.63, 3.8) is 0 Å². The molecule has 0 fully saturated rings. The number of nitrogens with zero attached hydrogens (tertiary/aromatic N) is 1. The highest BCUT2D eigenvalue weighted by atomic mass is 19.1. The van der Waals surface area contributed by atoms with Gasteiger partial charge >= 0.3 is 0 Å². The minimum absolute atomic E-state index is 0.461. The van der Waals surface area contributed by atoms with Crippen molar-refractivity contribution >= 4 is 5.57 Å². The van der Waals surface area contributed by atoms with Crippen molar-refractivity contribution in [2.75, 3.05) is 0 Å². The van der Waals surface area contributed by atoms with Crippen molar-refractivity contribution in [2.45, 2.75) is 12.6 Å². The first-order valence-corrected chi connectivity index (χ1v) is 4.30. The Balaban J connectivity index is 2.25. The fraction of sp³-hybridized carbons (Fsp3) is 0.182. The lowest BCUT2D eigenvalue weighted by atomic mass is 10.0. The van der Waals surface area contributed by atoms with E-state index in [1.54, 1.807) is 18.3 Å². The highest BCUT2D eigenvalue weighted by Crippen LogP contribution is 2.20. The number of hydrogen-bond donors (Lipinski definition) is 0. The molecule has 1 aliphatic carbocycles. The van der Waals surface area contributed by atoms with Gasteiger partial charge in [-0.15, -0.1) is 0 Å². The minimum atomic E-state index is -0.826. The Morgan fingerprint density at radius 1 is 1.38 bits per heavy atom. The van der Waals surface area contributed by atoms with Crippen molar-refractivity contribution in [1.82, 2.24) is 4.98 Å². The SMILES string of the molecule is FC1C=CC(c2ccccn2)=CC1. The lowest BCUT2D eigenvalue weighted by molar-refractivity contribution is 0.402. The van der Waals surface area contributed by atoms with Crippen LogP contribution in [0.3, 0.4) is 0 Å². The molecule has 0 saturated carbocycles. The first-order valence-electron chi connectivity index (χ1n) is 4.30. The summed E-state index contributed by atoms with van der Waals surface area (Å²) in [6, 6.07) is 5.72. The standard InChI is InChI=1S/C11H10FN/c12-10-6-4-9(5-7-10)11-3-1-2-8-13-11/h1-6,8,10H,7H2. The van der Waals surface area contributed by atoms with E-state index in [0.29, 0.717) is 6.42 Å². The fourth-order valence-corrected chi connectivity index (χ4v) is 1.32. The van der Waals surface area contributed by atoms with Crippen molar-refractivity contribution in [1.29, 1.82) is 0 Å². The predicted octanol–water partition coefficient (Wildman–Crippen LogP) is 2.76. The van der Waals surface area contributed by atoms with Gasteiger partial charge in [-0.05, 0) is 23.8 Å². The maximum atomic E-state index is 12.7. The van der Waals surface area contributed by atoms with Crippen LogP contribution in [0.1, 0.15) is 12.1 Å². The summed E-state index contributed by atoms with van der Waals surface area (Å²) in [4.78, 5) is 4.19. The third-order valence-corrected chi connectivity index (χ3v) is 2.01. The van der Waals surface area contributed by atoms with E-state index in [9.17, 15) is 4.39 Å². The van der Waals surface area contributed by atoms with E-state index >= 15 is 0 Å². The Hall–Kier alpha value is -1.44. The van der Waals surface area contributed by atoms with Crippen LogP contribution >= 0.6 is 0 Å². The molecule has 0 amide bonds. The van der Waals surface area contributed by atoms with E-state index in [0.717, 1.165) is 11.3 Å². The zero-order valence-corrected chi connectivity index (χ0v) is 7.15. The van der Waals surface area contributed by atoms with Crippen LogP contribution < -0.4 is 0 Å². The lowest BCUT2D eigenvalue weighted by Crippen LogP contribution is -1.98. The molecule has 1 heterocycles. The van der Waals surface area contributed by atoms with Gasteiger partial charge in [-0.2, -0.15) is 0 Å². The topological polar surface area (TPSA) is 12.9 Å². The number of hydrogen-bond acceptors (Lipinski definition) is 1. The Morgan fingerprint density at radius 3 is 2.92 bits per heavy atom. The van der Waals surface area contributed by atoms with Crippen molar-refractivity contribution < 1.29 is 4.39 Å². The third kappa shape index (κ3) is 1.83. The lowest BCUT2D eigenvalue weighted by Gasteiger charge is -2.08. The summed E-state index contributed by atoms with van der Waals surface area (Å²) in [7, 11) is 0. The van der Waals surface area contributed by atoms with Gasteiger partial charge in [0.05, 0.1) is 5.69 Å². The molecule has 0 aromatic carbocycles. The van der Waals surface area contributed by atoms with Gasteiger partial charge in [-0.1, -0.05) is 18.2 Å². The van der Waals surface area contributed by atoms with E-state index < -0.39 is 6.17 Å². The summed E-state index contributed by atoms with van der Waals surface area (Å²) in [5.74, 6) is 0. The molecule has 2 rings (SSSR count). The molecule has 1 nitrogen and oxygen atoms in total. The second-order valence-electron chi connectivity index (χ2n) is 2.99. The normalized spacial score (nSPS) is 21.3. The number of rotatable bonds is 1. The molecular weight excluding hydrogens is 165 g/mol. The van der Waals surface area contributed by atoms with Gasteiger partial charge in [0.15, 0.2) is 0 Å². The summed E-state index contributed by atoms with van der Waals surface area (Å²) in [6.07, 6.45) is 6.62. The van der Waals surface area contributed by atoms with Crippen LogP contribution in [-0.4, -0.2) is 11.2 Å². The largest absolute Gasteiger partial charge is 0.256 e. The first-order chi connectivity index (χ1) is 6.36. The molecule has 66 valence electrons. The molecule has 1 aromatic rings. The molecule has 1 atom stereocenters. The zero-order valence-electron chi connectivity index (χ0n) is 7.15. The van der Waals surface area contributed by atoms with Crippen LogP contribution in [0.5, 0.6) is 0 Å². The number of aromatic nitrogens is 1. The van der Waals surface area contributed by atoms with Gasteiger partial charge in [0.25, 0.3) is 0 Å². The molecular formula is C11H10FN. The van der Waals surface area contributed by atoms with E-state index in [2.05, 4.69) is 4.98 Å². The average Bonchev–Trinajstić information content (AvgIpc) is 2.20. The molecule has 13 heavy (non-hydrogen) atoms. The van der Waals surface area contributed by atoms with E-state index in [1.165, 1.54) is 0 Å². The number of halogens is 1. The van der Waals surface area contributed by atoms with Crippen molar-refractivity contribution in [2.24, 2.45) is 0 Å². The van der Waals surface area contributed by atoms with Gasteiger partial charge in [0.2, 0.25) is 0 Å². The molecule has 1 aromatic heterocycles. The van der Waals surface area contributed by atoms with Gasteiger partial charge in [-0.25, -0.2) is 4.39 Å². The Bertz CT molecular complexity index is 340. The quantitative estimate of drug-likeness (QED) is 0.639. The van der Waals surface area contributed by atoms with Gasteiger partial charge in [0, 0.05) is 12.6 Å². The smallest absolute Gasteiger partial charge is 0.122 e. The van der Waals surface area contributed by atoms with Crippen LogP contribution in [0, 0.1) is 0 Å². The van der Waals surface area contributed by atoms with Crippen LogP contribution in [0.4, 0.5) is 4.39 Å². The first kappa shape index (κ1) is 8.17. The van der Waals surface area contributed by atoms with Gasteiger partial charge < -0.3 is 0 Å². The molecule has 0 aliphatic heterocycles. The zero-order chi connectivity index (χ0) is 9.10. The molecule has 0 bridgehead atoms. The second-order valence-corrected chi connectivity index (χ2v) is 2.99. The molecule has 2 heteroatoms. The van der Waals surface area contributed by atoms with Gasteiger partial charge in [-0.3, -0.25) is 4.98 Å². The molecule has 0 saturated heterocycles. The van der Waals surface area contributed by atoms with E-state index in [4.69, 9.17) is 0 Å². The summed E-state index contributed by atoms with van der Waals surface area (Å²) in [6.45, 7) is 0. The van der Waals surface area contributed by atoms with E-state index in [-0.39, 0.29) is 0 Å². The number of pyridine rings is 1. The Morgan fingerprint density at radius 2 is 2.31 bits per heavy atom. The van der Waals surface area contributed by atoms with Crippen LogP contribution in [0.15, 0.2) is 42.6 Å². The number of alkyl halides is 1. The summed E-state index contributed by atoms with van der Waals surface area (Å²) >= 11 is 0. The second kappa shape index (κ2) is 3.52. The predicted molar refractivity (Wildman–Crippen MR) is 50.9 cm³/mol. The summed E-state index contributed by atoms with van der Waals surface area (Å²) in [5.41, 5.74) is 1.92. The molecule has 1 unspecified atom stereocenters. The highest BCUT2D eigenvalue weighted by molar-refractivity contribution is 5.72. The average molecular weight is 175 g/mol. The van der Waals surface area contributed by atoms with Crippen LogP contribution in [0.2, 0.25) is 0 Å². The number of allylic oxidation sites excluding steroid dienone is 4. The minimum Gasteiger partial charge on any atom is -0.256 e. The fourth-order valence-electron chi connectivity index (χ4n) is 1.32. The molecule has 0 spiro atoms. The third-order valence-electron chi connectivity index (χ3n) is 2.01. The Labute approximate surface area is 76.6 Å². The summed E-state index contributed by atoms with van der Waals surface area (Å²) < 4.78 is 12.7. The highest BCUT2D eigenvalue weighted by Gasteiger charge is 2.07. The van der Waals surface area contributed by atoms with Crippen LogP contribution in [-0.2, 0) is 0 Å². The maximum absolute atomic E-state index is 12.7.